The summed E-state index contributed by atoms with van der Waals surface area (Å²) >= 11 is 3.37. The molecule has 6 nitrogen and oxygen atoms in total. The Kier molecular flexibility index (Phi) is 6.20. The minimum absolute atomic E-state index is 0.133. The summed E-state index contributed by atoms with van der Waals surface area (Å²) in [4.78, 5) is 27.5. The molecule has 1 unspecified atom stereocenters. The number of methoxy groups -OCH3 is 2. The van der Waals surface area contributed by atoms with Crippen LogP contribution in [-0.2, 0) is 9.59 Å². The van der Waals surface area contributed by atoms with Crippen LogP contribution in [-0.4, -0.2) is 31.0 Å². The maximum absolute atomic E-state index is 14.0. The molecule has 0 aliphatic carbocycles. The number of Topliss-reactive ketones (excluding diaryl/α,β-unsaturated/α-hetero) is 1. The SMILES string of the molecule is COc1ccc(/C(O)=C2\C(=O)C(=O)N(c3cccc(F)c3)C2c2ccccc2OC)cc1Br. The number of hydrogen-bond donors (Lipinski definition) is 1. The number of anilines is 1. The van der Waals surface area contributed by atoms with Crippen molar-refractivity contribution in [3.63, 3.8) is 0 Å². The van der Waals surface area contributed by atoms with Crippen molar-refractivity contribution in [1.29, 1.82) is 0 Å². The summed E-state index contributed by atoms with van der Waals surface area (Å²) in [7, 11) is 2.97. The Balaban J connectivity index is 1.98. The summed E-state index contributed by atoms with van der Waals surface area (Å²) < 4.78 is 25.3. The first kappa shape index (κ1) is 22.5. The maximum atomic E-state index is 14.0. The second-order valence-electron chi connectivity index (χ2n) is 7.24. The molecule has 1 aliphatic heterocycles. The lowest BCUT2D eigenvalue weighted by molar-refractivity contribution is -0.132. The molecule has 1 amide bonds. The first-order chi connectivity index (χ1) is 15.9. The van der Waals surface area contributed by atoms with E-state index in [1.807, 2.05) is 0 Å². The normalized spacial score (nSPS) is 17.3. The van der Waals surface area contributed by atoms with E-state index in [9.17, 15) is 19.1 Å². The highest BCUT2D eigenvalue weighted by Crippen LogP contribution is 2.45. The lowest BCUT2D eigenvalue weighted by atomic mass is 9.94. The molecule has 1 heterocycles. The molecule has 0 radical (unpaired) electrons. The van der Waals surface area contributed by atoms with Gasteiger partial charge in [-0.05, 0) is 58.4 Å². The predicted octanol–water partition coefficient (Wildman–Crippen LogP) is 5.23. The van der Waals surface area contributed by atoms with Crippen molar-refractivity contribution in [2.75, 3.05) is 19.1 Å². The van der Waals surface area contributed by atoms with Gasteiger partial charge in [-0.1, -0.05) is 24.3 Å². The number of aliphatic hydroxyl groups is 1. The zero-order valence-electron chi connectivity index (χ0n) is 17.7. The van der Waals surface area contributed by atoms with Crippen LogP contribution in [0.1, 0.15) is 17.2 Å². The summed E-state index contributed by atoms with van der Waals surface area (Å²) in [5.74, 6) is -1.76. The van der Waals surface area contributed by atoms with Gasteiger partial charge < -0.3 is 14.6 Å². The van der Waals surface area contributed by atoms with Gasteiger partial charge in [0.1, 0.15) is 23.1 Å². The fraction of sp³-hybridized carbons (Fsp3) is 0.120. The molecule has 33 heavy (non-hydrogen) atoms. The molecule has 0 aromatic heterocycles. The fourth-order valence-corrected chi connectivity index (χ4v) is 4.42. The summed E-state index contributed by atoms with van der Waals surface area (Å²) in [5.41, 5.74) is 0.825. The summed E-state index contributed by atoms with van der Waals surface area (Å²) in [5, 5.41) is 11.2. The van der Waals surface area contributed by atoms with E-state index in [-0.39, 0.29) is 17.0 Å². The van der Waals surface area contributed by atoms with Crippen molar-refractivity contribution in [2.45, 2.75) is 6.04 Å². The lowest BCUT2D eigenvalue weighted by Gasteiger charge is -2.26. The number of benzene rings is 3. The van der Waals surface area contributed by atoms with Crippen LogP contribution >= 0.6 is 15.9 Å². The average molecular weight is 512 g/mol. The van der Waals surface area contributed by atoms with E-state index in [1.54, 1.807) is 42.5 Å². The molecule has 0 saturated carbocycles. The van der Waals surface area contributed by atoms with E-state index in [4.69, 9.17) is 9.47 Å². The smallest absolute Gasteiger partial charge is 0.300 e. The van der Waals surface area contributed by atoms with Crippen LogP contribution in [0.3, 0.4) is 0 Å². The van der Waals surface area contributed by atoms with Crippen LogP contribution in [0.15, 0.2) is 76.8 Å². The van der Waals surface area contributed by atoms with E-state index in [1.165, 1.54) is 37.3 Å². The topological polar surface area (TPSA) is 76.1 Å². The molecule has 3 aromatic carbocycles. The highest BCUT2D eigenvalue weighted by Gasteiger charge is 2.48. The summed E-state index contributed by atoms with van der Waals surface area (Å²) in [6, 6.07) is 16.0. The highest BCUT2D eigenvalue weighted by molar-refractivity contribution is 9.10. The second-order valence-corrected chi connectivity index (χ2v) is 8.09. The summed E-state index contributed by atoms with van der Waals surface area (Å²) in [6.45, 7) is 0. The number of carbonyl (C=O) groups is 2. The van der Waals surface area contributed by atoms with Crippen molar-refractivity contribution < 1.29 is 28.6 Å². The van der Waals surface area contributed by atoms with Crippen LogP contribution in [0.25, 0.3) is 5.76 Å². The number of amides is 1. The van der Waals surface area contributed by atoms with E-state index >= 15 is 0 Å². The number of carbonyl (C=O) groups excluding carboxylic acids is 2. The van der Waals surface area contributed by atoms with E-state index in [0.717, 1.165) is 6.07 Å². The molecular weight excluding hydrogens is 493 g/mol. The van der Waals surface area contributed by atoms with Crippen LogP contribution in [0.4, 0.5) is 10.1 Å². The molecular formula is C25H19BrFNO5. The molecule has 1 aliphatic rings. The lowest BCUT2D eigenvalue weighted by Crippen LogP contribution is -2.29. The van der Waals surface area contributed by atoms with Crippen molar-refractivity contribution in [3.8, 4) is 11.5 Å². The fourth-order valence-electron chi connectivity index (χ4n) is 3.88. The molecule has 1 saturated heterocycles. The van der Waals surface area contributed by atoms with Gasteiger partial charge in [-0.15, -0.1) is 0 Å². The Labute approximate surface area is 198 Å². The van der Waals surface area contributed by atoms with Gasteiger partial charge in [0.2, 0.25) is 0 Å². The molecule has 8 heteroatoms. The van der Waals surface area contributed by atoms with Gasteiger partial charge >= 0.3 is 0 Å². The largest absolute Gasteiger partial charge is 0.507 e. The van der Waals surface area contributed by atoms with Crippen LogP contribution < -0.4 is 14.4 Å². The average Bonchev–Trinajstić information content (AvgIpc) is 3.08. The van der Waals surface area contributed by atoms with Gasteiger partial charge in [0.15, 0.2) is 0 Å². The summed E-state index contributed by atoms with van der Waals surface area (Å²) in [6.07, 6.45) is 0. The number of ketones is 1. The van der Waals surface area contributed by atoms with Crippen LogP contribution in [0, 0.1) is 5.82 Å². The van der Waals surface area contributed by atoms with E-state index in [0.29, 0.717) is 27.1 Å². The first-order valence-electron chi connectivity index (χ1n) is 9.90. The molecule has 168 valence electrons. The zero-order chi connectivity index (χ0) is 23.7. The van der Waals surface area contributed by atoms with Gasteiger partial charge in [0, 0.05) is 16.8 Å². The molecule has 4 rings (SSSR count). The van der Waals surface area contributed by atoms with Crippen molar-refractivity contribution >= 4 is 39.1 Å². The third kappa shape index (κ3) is 3.98. The Morgan fingerprint density at radius 1 is 0.970 bits per heavy atom. The van der Waals surface area contributed by atoms with Crippen molar-refractivity contribution in [2.24, 2.45) is 0 Å². The minimum Gasteiger partial charge on any atom is -0.507 e. The molecule has 3 aromatic rings. The third-order valence-electron chi connectivity index (χ3n) is 5.39. The Bertz CT molecular complexity index is 1290. The number of ether oxygens (including phenoxy) is 2. The Morgan fingerprint density at radius 3 is 2.36 bits per heavy atom. The standard InChI is InChI=1S/C25H19BrFNO5/c1-32-19-9-4-3-8-17(19)22-21(23(29)14-10-11-20(33-2)18(26)12-14)24(30)25(31)28(22)16-7-5-6-15(27)13-16/h3-13,22,29H,1-2H3/b23-21+. The van der Waals surface area contributed by atoms with Crippen molar-refractivity contribution in [1.82, 2.24) is 0 Å². The molecule has 1 atom stereocenters. The van der Waals surface area contributed by atoms with E-state index < -0.39 is 23.5 Å². The van der Waals surface area contributed by atoms with Gasteiger partial charge in [0.05, 0.1) is 30.3 Å². The zero-order valence-corrected chi connectivity index (χ0v) is 19.3. The van der Waals surface area contributed by atoms with Gasteiger partial charge in [-0.25, -0.2) is 4.39 Å². The monoisotopic (exact) mass is 511 g/mol. The Morgan fingerprint density at radius 2 is 1.70 bits per heavy atom. The van der Waals surface area contributed by atoms with Crippen LogP contribution in [0.5, 0.6) is 11.5 Å². The van der Waals surface area contributed by atoms with Crippen LogP contribution in [0.2, 0.25) is 0 Å². The quantitative estimate of drug-likeness (QED) is 0.288. The number of para-hydroxylation sites is 1. The number of aliphatic hydroxyl groups excluding tert-OH is 1. The molecule has 1 fully saturated rings. The molecule has 0 spiro atoms. The van der Waals surface area contributed by atoms with Gasteiger partial charge in [-0.3, -0.25) is 14.5 Å². The first-order valence-corrected chi connectivity index (χ1v) is 10.7. The highest BCUT2D eigenvalue weighted by atomic mass is 79.9. The van der Waals surface area contributed by atoms with E-state index in [2.05, 4.69) is 15.9 Å². The number of hydrogen-bond acceptors (Lipinski definition) is 5. The third-order valence-corrected chi connectivity index (χ3v) is 6.01. The van der Waals surface area contributed by atoms with Crippen molar-refractivity contribution in [3.05, 3.63) is 93.7 Å². The second kappa shape index (κ2) is 9.07. The molecule has 1 N–H and O–H groups in total. The molecule has 0 bridgehead atoms. The minimum atomic E-state index is -1.04. The van der Waals surface area contributed by atoms with Gasteiger partial charge in [0.25, 0.3) is 11.7 Å². The maximum Gasteiger partial charge on any atom is 0.300 e. The number of nitrogens with zero attached hydrogens (tertiary/aromatic N) is 1. The van der Waals surface area contributed by atoms with Gasteiger partial charge in [-0.2, -0.15) is 0 Å². The Hall–Kier alpha value is -3.65. The number of rotatable bonds is 5. The predicted molar refractivity (Wildman–Crippen MR) is 125 cm³/mol. The number of halogens is 2.